The molecule has 0 aromatic rings. The average molecular weight is 166 g/mol. The molecule has 3 rings (SSSR count). The van der Waals surface area contributed by atoms with Crippen molar-refractivity contribution in [3.05, 3.63) is 12.2 Å². The zero-order valence-corrected chi connectivity index (χ0v) is 6.10. The summed E-state index contributed by atoms with van der Waals surface area (Å²) in [7, 11) is 0. The van der Waals surface area contributed by atoms with Gasteiger partial charge in [0.15, 0.2) is 0 Å². The Hall–Kier alpha value is -1.16. The molecule has 0 radical (unpaired) electrons. The molecule has 3 aliphatic rings. The summed E-state index contributed by atoms with van der Waals surface area (Å²) >= 11 is 0. The largest absolute Gasteiger partial charge is 0.393 e. The van der Waals surface area contributed by atoms with Gasteiger partial charge >= 0.3 is 11.9 Å². The van der Waals surface area contributed by atoms with Crippen molar-refractivity contribution in [3.63, 3.8) is 0 Å². The summed E-state index contributed by atoms with van der Waals surface area (Å²) in [6.45, 7) is 0. The summed E-state index contributed by atoms with van der Waals surface area (Å²) in [6, 6.07) is 0. The molecule has 3 heterocycles. The maximum Gasteiger partial charge on any atom is 0.320 e. The lowest BCUT2D eigenvalue weighted by atomic mass is 9.85. The third-order valence-corrected chi connectivity index (χ3v) is 2.65. The lowest BCUT2D eigenvalue weighted by molar-refractivity contribution is -0.156. The fourth-order valence-corrected chi connectivity index (χ4v) is 2.11. The van der Waals surface area contributed by atoms with Crippen LogP contribution in [0.1, 0.15) is 0 Å². The van der Waals surface area contributed by atoms with Crippen molar-refractivity contribution >= 4 is 11.9 Å². The fraction of sp³-hybridized carbons (Fsp3) is 0.500. The Labute approximate surface area is 68.1 Å². The van der Waals surface area contributed by atoms with Crippen molar-refractivity contribution in [2.45, 2.75) is 12.2 Å². The van der Waals surface area contributed by atoms with Crippen molar-refractivity contribution in [1.29, 1.82) is 0 Å². The lowest BCUT2D eigenvalue weighted by Gasteiger charge is -2.08. The van der Waals surface area contributed by atoms with Crippen LogP contribution in [0.15, 0.2) is 12.2 Å². The van der Waals surface area contributed by atoms with Crippen molar-refractivity contribution in [2.75, 3.05) is 0 Å². The molecule has 12 heavy (non-hydrogen) atoms. The number of ether oxygens (including phenoxy) is 2. The maximum atomic E-state index is 11.1. The van der Waals surface area contributed by atoms with E-state index in [1.807, 2.05) is 12.2 Å². The van der Waals surface area contributed by atoms with E-state index < -0.39 is 11.9 Å². The summed E-state index contributed by atoms with van der Waals surface area (Å²) in [6.07, 6.45) is 3.20. The van der Waals surface area contributed by atoms with Gasteiger partial charge in [0.05, 0.1) is 12.2 Å². The molecule has 0 amide bonds. The van der Waals surface area contributed by atoms with Gasteiger partial charge < -0.3 is 9.47 Å². The second-order valence-corrected chi connectivity index (χ2v) is 3.24. The molecular formula is C8H6O4. The number of carbonyl (C=O) groups excluding carboxylic acids is 2. The molecule has 4 nitrogen and oxygen atoms in total. The number of cyclic esters (lactones) is 2. The first-order valence-electron chi connectivity index (χ1n) is 3.87. The van der Waals surface area contributed by atoms with Gasteiger partial charge in [-0.3, -0.25) is 9.59 Å². The van der Waals surface area contributed by atoms with E-state index in [1.54, 1.807) is 0 Å². The van der Waals surface area contributed by atoms with Crippen LogP contribution in [0.5, 0.6) is 0 Å². The monoisotopic (exact) mass is 166 g/mol. The molecule has 2 fully saturated rings. The molecule has 3 aliphatic heterocycles. The number of rotatable bonds is 0. The zero-order chi connectivity index (χ0) is 8.29. The molecule has 4 heteroatoms. The lowest BCUT2D eigenvalue weighted by Crippen LogP contribution is -2.26. The molecule has 4 atom stereocenters. The van der Waals surface area contributed by atoms with Crippen LogP contribution in [0.4, 0.5) is 0 Å². The first-order chi connectivity index (χ1) is 5.77. The molecule has 0 spiro atoms. The van der Waals surface area contributed by atoms with Crippen LogP contribution in [0, 0.1) is 11.8 Å². The van der Waals surface area contributed by atoms with Gasteiger partial charge in [-0.15, -0.1) is 0 Å². The van der Waals surface area contributed by atoms with Crippen LogP contribution in [-0.2, 0) is 19.1 Å². The highest BCUT2D eigenvalue weighted by atomic mass is 16.6. The SMILES string of the molecule is O=C1OC(=O)[C@H]2[C@@H]1[C@@H]1C=C[C@@H]2O1. The van der Waals surface area contributed by atoms with E-state index >= 15 is 0 Å². The summed E-state index contributed by atoms with van der Waals surface area (Å²) in [5, 5.41) is 0. The molecule has 2 bridgehead atoms. The first kappa shape index (κ1) is 6.37. The molecule has 0 aromatic carbocycles. The highest BCUT2D eigenvalue weighted by Gasteiger charge is 2.59. The standard InChI is InChI=1S/C8H6O4/c9-7-5-3-1-2-4(11-3)6(5)8(10)12-7/h1-6H/t3-,4-,5-,6+/m0/s1. The zero-order valence-electron chi connectivity index (χ0n) is 6.10. The number of hydrogen-bond donors (Lipinski definition) is 0. The third kappa shape index (κ3) is 0.536. The first-order valence-corrected chi connectivity index (χ1v) is 3.87. The summed E-state index contributed by atoms with van der Waals surface area (Å²) < 4.78 is 9.86. The Morgan fingerprint density at radius 1 is 1.00 bits per heavy atom. The van der Waals surface area contributed by atoms with Crippen LogP contribution in [-0.4, -0.2) is 24.1 Å². The Morgan fingerprint density at radius 2 is 1.50 bits per heavy atom. The summed E-state index contributed by atoms with van der Waals surface area (Å²) in [5.74, 6) is -1.59. The van der Waals surface area contributed by atoms with Crippen molar-refractivity contribution in [2.24, 2.45) is 11.8 Å². The van der Waals surface area contributed by atoms with E-state index in [0.29, 0.717) is 0 Å². The normalized spacial score (nSPS) is 48.3. The van der Waals surface area contributed by atoms with Crippen LogP contribution in [0.25, 0.3) is 0 Å². The van der Waals surface area contributed by atoms with E-state index in [-0.39, 0.29) is 24.0 Å². The fourth-order valence-electron chi connectivity index (χ4n) is 2.11. The maximum absolute atomic E-state index is 11.1. The molecule has 2 saturated heterocycles. The highest BCUT2D eigenvalue weighted by Crippen LogP contribution is 2.43. The van der Waals surface area contributed by atoms with E-state index in [4.69, 9.17) is 4.74 Å². The molecule has 0 aromatic heterocycles. The summed E-state index contributed by atoms with van der Waals surface area (Å²) in [4.78, 5) is 22.2. The minimum atomic E-state index is -0.429. The van der Waals surface area contributed by atoms with Gasteiger partial charge in [-0.25, -0.2) is 0 Å². The minimum absolute atomic E-state index is 0.223. The van der Waals surface area contributed by atoms with Crippen LogP contribution >= 0.6 is 0 Å². The van der Waals surface area contributed by atoms with Gasteiger partial charge in [-0.1, -0.05) is 12.2 Å². The van der Waals surface area contributed by atoms with Crippen molar-refractivity contribution in [1.82, 2.24) is 0 Å². The Morgan fingerprint density at radius 3 is 2.00 bits per heavy atom. The predicted molar refractivity (Wildman–Crippen MR) is 35.9 cm³/mol. The van der Waals surface area contributed by atoms with Crippen LogP contribution in [0.3, 0.4) is 0 Å². The van der Waals surface area contributed by atoms with E-state index in [2.05, 4.69) is 4.74 Å². The Kier molecular flexibility index (Phi) is 0.939. The van der Waals surface area contributed by atoms with E-state index in [0.717, 1.165) is 0 Å². The van der Waals surface area contributed by atoms with Crippen LogP contribution < -0.4 is 0 Å². The molecule has 0 saturated carbocycles. The van der Waals surface area contributed by atoms with E-state index in [9.17, 15) is 9.59 Å². The highest BCUT2D eigenvalue weighted by molar-refractivity contribution is 5.98. The predicted octanol–water partition coefficient (Wildman–Crippen LogP) is -0.361. The second kappa shape index (κ2) is 1.77. The molecule has 0 aliphatic carbocycles. The van der Waals surface area contributed by atoms with Gasteiger partial charge in [-0.05, 0) is 0 Å². The topological polar surface area (TPSA) is 52.6 Å². The average Bonchev–Trinajstić information content (AvgIpc) is 2.64. The van der Waals surface area contributed by atoms with Crippen molar-refractivity contribution < 1.29 is 19.1 Å². The van der Waals surface area contributed by atoms with Gasteiger partial charge in [0.1, 0.15) is 11.8 Å². The Bertz CT molecular complexity index is 278. The smallest absolute Gasteiger partial charge is 0.320 e. The van der Waals surface area contributed by atoms with Gasteiger partial charge in [0.25, 0.3) is 0 Å². The molecular weight excluding hydrogens is 160 g/mol. The third-order valence-electron chi connectivity index (χ3n) is 2.65. The minimum Gasteiger partial charge on any atom is -0.393 e. The number of fused-ring (bicyclic) bond motifs is 5. The molecule has 0 N–H and O–H groups in total. The molecule has 62 valence electrons. The van der Waals surface area contributed by atoms with Crippen LogP contribution in [0.2, 0.25) is 0 Å². The van der Waals surface area contributed by atoms with Crippen molar-refractivity contribution in [3.8, 4) is 0 Å². The number of carbonyl (C=O) groups is 2. The van der Waals surface area contributed by atoms with E-state index in [1.165, 1.54) is 0 Å². The van der Waals surface area contributed by atoms with Gasteiger partial charge in [-0.2, -0.15) is 0 Å². The van der Waals surface area contributed by atoms with Gasteiger partial charge in [0, 0.05) is 0 Å². The quantitative estimate of drug-likeness (QED) is 0.280. The number of hydrogen-bond acceptors (Lipinski definition) is 4. The summed E-state index contributed by atoms with van der Waals surface area (Å²) in [5.41, 5.74) is 0. The number of esters is 2. The Balaban J connectivity index is 2.08. The van der Waals surface area contributed by atoms with Gasteiger partial charge in [0.2, 0.25) is 0 Å². The second-order valence-electron chi connectivity index (χ2n) is 3.24. The molecule has 0 unspecified atom stereocenters.